The van der Waals surface area contributed by atoms with Crippen molar-refractivity contribution in [1.29, 1.82) is 0 Å². The molecule has 2 N–H and O–H groups in total. The van der Waals surface area contributed by atoms with Crippen molar-refractivity contribution >= 4 is 28.5 Å². The van der Waals surface area contributed by atoms with Crippen LogP contribution in [-0.4, -0.2) is 53.5 Å². The van der Waals surface area contributed by atoms with Gasteiger partial charge < -0.3 is 19.9 Å². The predicted molar refractivity (Wildman–Crippen MR) is 103 cm³/mol. The van der Waals surface area contributed by atoms with Crippen molar-refractivity contribution in [1.82, 2.24) is 9.88 Å². The molecule has 2 aromatic rings. The van der Waals surface area contributed by atoms with Gasteiger partial charge in [-0.1, -0.05) is 0 Å². The molecule has 1 saturated carbocycles. The Balaban J connectivity index is 1.85. The topological polar surface area (TPSA) is 91.6 Å². The fourth-order valence-electron chi connectivity index (χ4n) is 4.18. The van der Waals surface area contributed by atoms with Gasteiger partial charge in [0.1, 0.15) is 11.3 Å². The van der Waals surface area contributed by atoms with Gasteiger partial charge in [0.05, 0.1) is 23.6 Å². The van der Waals surface area contributed by atoms with Crippen LogP contribution in [0.25, 0.3) is 10.9 Å². The number of nitrogens with one attached hydrogen (secondary N) is 1. The van der Waals surface area contributed by atoms with E-state index in [0.717, 1.165) is 15.7 Å². The first-order valence-electron chi connectivity index (χ1n) is 10.0. The number of pyridine rings is 1. The quantitative estimate of drug-likeness (QED) is 0.492. The lowest BCUT2D eigenvalue weighted by atomic mass is 10.1. The number of aromatic carboxylic acids is 1. The van der Waals surface area contributed by atoms with Gasteiger partial charge in [-0.25, -0.2) is 18.0 Å². The second-order valence-electron chi connectivity index (χ2n) is 8.23. The largest absolute Gasteiger partial charge is 0.477 e. The Kier molecular flexibility index (Phi) is 5.72. The van der Waals surface area contributed by atoms with Gasteiger partial charge in [0.25, 0.3) is 0 Å². The number of hydrogen-bond acceptors (Lipinski definition) is 4. The van der Waals surface area contributed by atoms with Crippen molar-refractivity contribution in [3.05, 3.63) is 39.4 Å². The molecule has 1 aromatic carbocycles. The SMILES string of the molecule is O=C(O)c1cn(C2CC2)c2c(F)c(N3CC(CF)C(NC(=O)C(F)(F)F)C3)c(F)c(F)c2c1=O. The number of carboxylic acids is 1. The van der Waals surface area contributed by atoms with E-state index in [1.807, 2.05) is 0 Å². The molecule has 1 aromatic heterocycles. The average molecular weight is 495 g/mol. The molecule has 14 heteroatoms. The zero-order valence-corrected chi connectivity index (χ0v) is 17.1. The zero-order valence-electron chi connectivity index (χ0n) is 17.1. The molecule has 2 atom stereocenters. The Labute approximate surface area is 185 Å². The van der Waals surface area contributed by atoms with Crippen molar-refractivity contribution in [2.75, 3.05) is 24.7 Å². The number of carboxylic acid groups (broad SMARTS) is 1. The van der Waals surface area contributed by atoms with Crippen LogP contribution in [0.4, 0.5) is 36.4 Å². The minimum atomic E-state index is -5.28. The number of fused-ring (bicyclic) bond motifs is 1. The van der Waals surface area contributed by atoms with Crippen molar-refractivity contribution in [3.8, 4) is 0 Å². The molecule has 2 aliphatic rings. The molecule has 1 aliphatic heterocycles. The fraction of sp³-hybridized carbons (Fsp3) is 0.450. The zero-order chi connectivity index (χ0) is 25.1. The minimum Gasteiger partial charge on any atom is -0.477 e. The fourth-order valence-corrected chi connectivity index (χ4v) is 4.18. The number of halogens is 7. The molecule has 184 valence electrons. The monoisotopic (exact) mass is 495 g/mol. The summed E-state index contributed by atoms with van der Waals surface area (Å²) in [6.07, 6.45) is -3.55. The van der Waals surface area contributed by atoms with Gasteiger partial charge in [-0.05, 0) is 12.8 Å². The molecule has 1 saturated heterocycles. The summed E-state index contributed by atoms with van der Waals surface area (Å²) in [5, 5.41) is 9.70. The maximum absolute atomic E-state index is 15.6. The molecule has 34 heavy (non-hydrogen) atoms. The Hall–Kier alpha value is -3.32. The highest BCUT2D eigenvalue weighted by molar-refractivity contribution is 5.94. The van der Waals surface area contributed by atoms with Crippen molar-refractivity contribution in [2.24, 2.45) is 5.92 Å². The van der Waals surface area contributed by atoms with Crippen LogP contribution >= 0.6 is 0 Å². The molecule has 1 amide bonds. The van der Waals surface area contributed by atoms with Gasteiger partial charge in [0.2, 0.25) is 5.43 Å². The first-order valence-corrected chi connectivity index (χ1v) is 10.0. The Morgan fingerprint density at radius 2 is 1.74 bits per heavy atom. The first-order chi connectivity index (χ1) is 15.9. The Morgan fingerprint density at radius 1 is 1.09 bits per heavy atom. The lowest BCUT2D eigenvalue weighted by Gasteiger charge is -2.23. The van der Waals surface area contributed by atoms with Crippen LogP contribution < -0.4 is 15.6 Å². The minimum absolute atomic E-state index is 0.448. The van der Waals surface area contributed by atoms with Gasteiger partial charge >= 0.3 is 18.1 Å². The summed E-state index contributed by atoms with van der Waals surface area (Å²) >= 11 is 0. The number of benzene rings is 1. The number of rotatable bonds is 5. The molecule has 0 radical (unpaired) electrons. The third-order valence-corrected chi connectivity index (χ3v) is 5.97. The van der Waals surface area contributed by atoms with Crippen molar-refractivity contribution < 1.29 is 45.4 Å². The summed E-state index contributed by atoms with van der Waals surface area (Å²) in [5.74, 6) is -10.5. The number of carbonyl (C=O) groups excluding carboxylic acids is 1. The lowest BCUT2D eigenvalue weighted by Crippen LogP contribution is -2.47. The van der Waals surface area contributed by atoms with Crippen LogP contribution in [0.1, 0.15) is 29.2 Å². The van der Waals surface area contributed by atoms with Gasteiger partial charge in [0.15, 0.2) is 17.5 Å². The highest BCUT2D eigenvalue weighted by Crippen LogP contribution is 2.41. The molecule has 2 fully saturated rings. The van der Waals surface area contributed by atoms with Gasteiger partial charge in [-0.15, -0.1) is 0 Å². The third kappa shape index (κ3) is 3.84. The van der Waals surface area contributed by atoms with E-state index in [1.165, 1.54) is 0 Å². The van der Waals surface area contributed by atoms with E-state index in [2.05, 4.69) is 0 Å². The molecule has 0 spiro atoms. The number of alkyl halides is 4. The smallest absolute Gasteiger partial charge is 0.471 e. The van der Waals surface area contributed by atoms with Gasteiger partial charge in [-0.2, -0.15) is 13.2 Å². The van der Waals surface area contributed by atoms with Crippen LogP contribution in [0.3, 0.4) is 0 Å². The van der Waals surface area contributed by atoms with E-state index < -0.39 is 101 Å². The maximum Gasteiger partial charge on any atom is 0.471 e. The van der Waals surface area contributed by atoms with E-state index in [4.69, 9.17) is 0 Å². The van der Waals surface area contributed by atoms with E-state index in [1.54, 1.807) is 5.32 Å². The summed E-state index contributed by atoms with van der Waals surface area (Å²) in [7, 11) is 0. The van der Waals surface area contributed by atoms with E-state index in [9.17, 15) is 37.1 Å². The number of nitrogens with zero attached hydrogens (tertiary/aromatic N) is 2. The molecule has 0 bridgehead atoms. The van der Waals surface area contributed by atoms with Gasteiger partial charge in [0, 0.05) is 31.2 Å². The number of amides is 1. The Bertz CT molecular complexity index is 1260. The second-order valence-corrected chi connectivity index (χ2v) is 8.23. The standard InChI is InChI=1S/C20H16F7N3O4/c21-3-7-4-29(6-10(7)28-19(34)20(25,26)27)16-13(23)12(22)11-15(14(16)24)30(8-1-2-8)5-9(17(11)31)18(32)33/h5,7-8,10H,1-4,6H2,(H,28,34)(H,32,33). The highest BCUT2D eigenvalue weighted by Gasteiger charge is 2.44. The number of hydrogen-bond donors (Lipinski definition) is 2. The van der Waals surface area contributed by atoms with Crippen LogP contribution in [0, 0.1) is 23.4 Å². The summed E-state index contributed by atoms with van der Waals surface area (Å²) in [6.45, 7) is -2.47. The normalized spacial score (nSPS) is 20.7. The van der Waals surface area contributed by atoms with Crippen LogP contribution in [0.5, 0.6) is 0 Å². The predicted octanol–water partition coefficient (Wildman–Crippen LogP) is 2.90. The molecular weight excluding hydrogens is 479 g/mol. The molecule has 1 aliphatic carbocycles. The van der Waals surface area contributed by atoms with E-state index in [0.29, 0.717) is 12.8 Å². The summed E-state index contributed by atoms with van der Waals surface area (Å²) in [6, 6.07) is -1.97. The molecular formula is C20H16F7N3O4. The van der Waals surface area contributed by atoms with Gasteiger partial charge in [-0.3, -0.25) is 14.0 Å². The third-order valence-electron chi connectivity index (χ3n) is 5.97. The Morgan fingerprint density at radius 3 is 2.26 bits per heavy atom. The summed E-state index contributed by atoms with van der Waals surface area (Å²) in [4.78, 5) is 35.9. The number of carbonyl (C=O) groups is 2. The molecule has 4 rings (SSSR count). The summed E-state index contributed by atoms with van der Waals surface area (Å²) in [5.41, 5.74) is -4.09. The highest BCUT2D eigenvalue weighted by atomic mass is 19.4. The first kappa shape index (κ1) is 23.8. The van der Waals surface area contributed by atoms with E-state index in [-0.39, 0.29) is 0 Å². The van der Waals surface area contributed by atoms with Crippen molar-refractivity contribution in [3.63, 3.8) is 0 Å². The van der Waals surface area contributed by atoms with Crippen LogP contribution in [-0.2, 0) is 4.79 Å². The average Bonchev–Trinajstić information content (AvgIpc) is 3.52. The maximum atomic E-state index is 15.6. The summed E-state index contributed by atoms with van der Waals surface area (Å²) < 4.78 is 97.9. The number of aromatic nitrogens is 1. The molecule has 7 nitrogen and oxygen atoms in total. The lowest BCUT2D eigenvalue weighted by molar-refractivity contribution is -0.174. The van der Waals surface area contributed by atoms with Crippen molar-refractivity contribution in [2.45, 2.75) is 31.1 Å². The van der Waals surface area contributed by atoms with Crippen LogP contribution in [0.2, 0.25) is 0 Å². The number of anilines is 1. The second kappa shape index (κ2) is 8.17. The molecule has 2 heterocycles. The van der Waals surface area contributed by atoms with E-state index >= 15 is 13.2 Å². The molecule has 2 unspecified atom stereocenters. The van der Waals surface area contributed by atoms with Crippen LogP contribution in [0.15, 0.2) is 11.0 Å².